The van der Waals surface area contributed by atoms with Crippen molar-refractivity contribution in [1.29, 1.82) is 0 Å². The molecule has 1 unspecified atom stereocenters. The largest absolute Gasteiger partial charge is 0.390 e. The van der Waals surface area contributed by atoms with Gasteiger partial charge in [0, 0.05) is 12.0 Å². The third-order valence-electron chi connectivity index (χ3n) is 2.10. The lowest BCUT2D eigenvalue weighted by Crippen LogP contribution is -2.36. The van der Waals surface area contributed by atoms with E-state index in [-0.39, 0.29) is 6.42 Å². The summed E-state index contributed by atoms with van der Waals surface area (Å²) < 4.78 is 24.0. The first-order chi connectivity index (χ1) is 5.04. The summed E-state index contributed by atoms with van der Waals surface area (Å²) in [5, 5.41) is 18.0. The van der Waals surface area contributed by atoms with Gasteiger partial charge in [-0.25, -0.2) is 8.78 Å². The van der Waals surface area contributed by atoms with Crippen LogP contribution in [0.1, 0.15) is 6.42 Å². The molecule has 1 aliphatic carbocycles. The van der Waals surface area contributed by atoms with Gasteiger partial charge in [-0.1, -0.05) is 0 Å². The lowest BCUT2D eigenvalue weighted by molar-refractivity contribution is -0.0339. The Labute approximate surface area is 62.8 Å². The lowest BCUT2D eigenvalue weighted by Gasteiger charge is -2.14. The van der Waals surface area contributed by atoms with E-state index in [1.807, 2.05) is 0 Å². The van der Waals surface area contributed by atoms with E-state index in [1.165, 1.54) is 0 Å². The number of hydrogen-bond donors (Lipinski definition) is 3. The molecule has 1 aliphatic rings. The number of aliphatic hydroxyl groups is 2. The average molecular weight is 167 g/mol. The number of alkyl halides is 2. The van der Waals surface area contributed by atoms with E-state index in [9.17, 15) is 8.78 Å². The summed E-state index contributed by atoms with van der Waals surface area (Å²) in [4.78, 5) is 0. The van der Waals surface area contributed by atoms with E-state index in [4.69, 9.17) is 15.9 Å². The molecule has 0 radical (unpaired) electrons. The van der Waals surface area contributed by atoms with Crippen molar-refractivity contribution in [3.63, 3.8) is 0 Å². The SMILES string of the molecule is N[C@@H]1CC(C(F)F)[C@@H](O)[C@H]1O. The minimum atomic E-state index is -2.60. The van der Waals surface area contributed by atoms with E-state index >= 15 is 0 Å². The highest BCUT2D eigenvalue weighted by Gasteiger charge is 2.43. The van der Waals surface area contributed by atoms with Crippen molar-refractivity contribution in [3.8, 4) is 0 Å². The molecule has 0 aliphatic heterocycles. The second-order valence-electron chi connectivity index (χ2n) is 2.88. The fraction of sp³-hybridized carbons (Fsp3) is 1.00. The molecular weight excluding hydrogens is 156 g/mol. The van der Waals surface area contributed by atoms with Gasteiger partial charge >= 0.3 is 0 Å². The molecule has 0 spiro atoms. The molecule has 0 bridgehead atoms. The fourth-order valence-corrected chi connectivity index (χ4v) is 1.35. The summed E-state index contributed by atoms with van der Waals surface area (Å²) in [6.07, 6.45) is -5.19. The smallest absolute Gasteiger partial charge is 0.244 e. The highest BCUT2D eigenvalue weighted by Crippen LogP contribution is 2.30. The monoisotopic (exact) mass is 167 g/mol. The number of hydrogen-bond acceptors (Lipinski definition) is 3. The van der Waals surface area contributed by atoms with Gasteiger partial charge < -0.3 is 15.9 Å². The summed E-state index contributed by atoms with van der Waals surface area (Å²) in [5.74, 6) is -1.17. The Bertz CT molecular complexity index is 145. The van der Waals surface area contributed by atoms with Crippen LogP contribution in [0, 0.1) is 5.92 Å². The predicted molar refractivity (Wildman–Crippen MR) is 34.1 cm³/mol. The van der Waals surface area contributed by atoms with Crippen molar-refractivity contribution in [2.75, 3.05) is 0 Å². The molecule has 0 saturated heterocycles. The van der Waals surface area contributed by atoms with Gasteiger partial charge in [-0.2, -0.15) is 0 Å². The highest BCUT2D eigenvalue weighted by molar-refractivity contribution is 4.94. The summed E-state index contributed by atoms with van der Waals surface area (Å²) in [5.41, 5.74) is 5.25. The van der Waals surface area contributed by atoms with Gasteiger partial charge in [0.1, 0.15) is 0 Å². The lowest BCUT2D eigenvalue weighted by atomic mass is 10.1. The standard InChI is InChI=1S/C6H11F2NO2/c7-6(8)2-1-3(9)5(11)4(2)10/h2-6,10-11H,1,9H2/t2?,3-,4-,5+/m1/s1. The van der Waals surface area contributed by atoms with E-state index < -0.39 is 30.6 Å². The summed E-state index contributed by atoms with van der Waals surface area (Å²) in [6, 6.07) is -0.719. The van der Waals surface area contributed by atoms with Crippen LogP contribution in [0.15, 0.2) is 0 Å². The number of aliphatic hydroxyl groups excluding tert-OH is 2. The van der Waals surface area contributed by atoms with Crippen molar-refractivity contribution in [2.45, 2.75) is 31.1 Å². The Kier molecular flexibility index (Phi) is 2.41. The van der Waals surface area contributed by atoms with Crippen LogP contribution in [0.2, 0.25) is 0 Å². The number of nitrogens with two attached hydrogens (primary N) is 1. The van der Waals surface area contributed by atoms with Crippen LogP contribution in [0.3, 0.4) is 0 Å². The molecule has 1 fully saturated rings. The maximum absolute atomic E-state index is 12.0. The normalized spacial score (nSPS) is 45.3. The second kappa shape index (κ2) is 3.00. The maximum atomic E-state index is 12.0. The molecule has 1 saturated carbocycles. The molecular formula is C6H11F2NO2. The summed E-state index contributed by atoms with van der Waals surface area (Å²) >= 11 is 0. The van der Waals surface area contributed by atoms with Gasteiger partial charge in [-0.15, -0.1) is 0 Å². The van der Waals surface area contributed by atoms with Gasteiger partial charge in [0.2, 0.25) is 6.43 Å². The van der Waals surface area contributed by atoms with Crippen LogP contribution >= 0.6 is 0 Å². The molecule has 0 heterocycles. The molecule has 0 aromatic rings. The van der Waals surface area contributed by atoms with E-state index in [0.717, 1.165) is 0 Å². The Morgan fingerprint density at radius 2 is 1.82 bits per heavy atom. The average Bonchev–Trinajstić information content (AvgIpc) is 2.17. The van der Waals surface area contributed by atoms with Crippen LogP contribution in [-0.4, -0.2) is 34.9 Å². The minimum absolute atomic E-state index is 0.0139. The molecule has 3 nitrogen and oxygen atoms in total. The van der Waals surface area contributed by atoms with Gasteiger partial charge in [0.05, 0.1) is 12.2 Å². The van der Waals surface area contributed by atoms with Crippen molar-refractivity contribution in [1.82, 2.24) is 0 Å². The Hall–Kier alpha value is -0.260. The van der Waals surface area contributed by atoms with Crippen LogP contribution in [0.4, 0.5) is 8.78 Å². The molecule has 0 amide bonds. The fourth-order valence-electron chi connectivity index (χ4n) is 1.35. The first-order valence-electron chi connectivity index (χ1n) is 3.44. The zero-order valence-corrected chi connectivity index (χ0v) is 5.82. The minimum Gasteiger partial charge on any atom is -0.390 e. The van der Waals surface area contributed by atoms with E-state index in [0.29, 0.717) is 0 Å². The Morgan fingerprint density at radius 3 is 2.00 bits per heavy atom. The number of rotatable bonds is 1. The van der Waals surface area contributed by atoms with Crippen molar-refractivity contribution >= 4 is 0 Å². The van der Waals surface area contributed by atoms with Gasteiger partial charge in [0.15, 0.2) is 0 Å². The van der Waals surface area contributed by atoms with E-state index in [1.54, 1.807) is 0 Å². The number of halogens is 2. The Balaban J connectivity index is 2.59. The van der Waals surface area contributed by atoms with Crippen LogP contribution in [0.25, 0.3) is 0 Å². The molecule has 1 rings (SSSR count). The zero-order valence-electron chi connectivity index (χ0n) is 5.82. The molecule has 11 heavy (non-hydrogen) atoms. The van der Waals surface area contributed by atoms with Gasteiger partial charge in [-0.05, 0) is 6.42 Å². The quantitative estimate of drug-likeness (QED) is 0.484. The van der Waals surface area contributed by atoms with Crippen molar-refractivity contribution in [2.24, 2.45) is 11.7 Å². The molecule has 66 valence electrons. The molecule has 4 atom stereocenters. The first-order valence-corrected chi connectivity index (χ1v) is 3.44. The van der Waals surface area contributed by atoms with Crippen molar-refractivity contribution < 1.29 is 19.0 Å². The first kappa shape index (κ1) is 8.83. The topological polar surface area (TPSA) is 66.5 Å². The van der Waals surface area contributed by atoms with E-state index in [2.05, 4.69) is 0 Å². The Morgan fingerprint density at radius 1 is 1.27 bits per heavy atom. The third kappa shape index (κ3) is 1.50. The maximum Gasteiger partial charge on any atom is 0.244 e. The summed E-state index contributed by atoms with van der Waals surface area (Å²) in [6.45, 7) is 0. The van der Waals surface area contributed by atoms with Crippen molar-refractivity contribution in [3.05, 3.63) is 0 Å². The molecule has 5 heteroatoms. The highest BCUT2D eigenvalue weighted by atomic mass is 19.3. The summed E-state index contributed by atoms with van der Waals surface area (Å²) in [7, 11) is 0. The predicted octanol–water partition coefficient (Wildman–Crippen LogP) is -0.680. The molecule has 0 aromatic heterocycles. The van der Waals surface area contributed by atoms with Crippen LogP contribution < -0.4 is 5.73 Å². The third-order valence-corrected chi connectivity index (χ3v) is 2.10. The van der Waals surface area contributed by atoms with Gasteiger partial charge in [0.25, 0.3) is 0 Å². The van der Waals surface area contributed by atoms with Crippen LogP contribution in [0.5, 0.6) is 0 Å². The molecule has 0 aromatic carbocycles. The van der Waals surface area contributed by atoms with Gasteiger partial charge in [-0.3, -0.25) is 0 Å². The second-order valence-corrected chi connectivity index (χ2v) is 2.88. The van der Waals surface area contributed by atoms with Crippen LogP contribution in [-0.2, 0) is 0 Å². The zero-order chi connectivity index (χ0) is 8.59. The molecule has 4 N–H and O–H groups in total.